The molecule has 0 radical (unpaired) electrons. The molecular weight excluding hydrogens is 394 g/mol. The summed E-state index contributed by atoms with van der Waals surface area (Å²) in [6.07, 6.45) is 1.71. The number of aryl methyl sites for hydroxylation is 2. The van der Waals surface area contributed by atoms with Crippen LogP contribution < -0.4 is 10.2 Å². The summed E-state index contributed by atoms with van der Waals surface area (Å²) in [6, 6.07) is 18.2. The Labute approximate surface area is 182 Å². The van der Waals surface area contributed by atoms with Gasteiger partial charge < -0.3 is 9.30 Å². The molecule has 1 amide bonds. The van der Waals surface area contributed by atoms with E-state index >= 15 is 0 Å². The number of ether oxygens (including phenoxy) is 1. The van der Waals surface area contributed by atoms with Crippen molar-refractivity contribution in [2.75, 3.05) is 12.9 Å². The zero-order valence-corrected chi connectivity index (χ0v) is 18.6. The Morgan fingerprint density at radius 1 is 1.13 bits per heavy atom. The number of rotatable bonds is 8. The van der Waals surface area contributed by atoms with Crippen LogP contribution in [0.3, 0.4) is 0 Å². The molecule has 0 bridgehead atoms. The third-order valence-corrected chi connectivity index (χ3v) is 5.88. The van der Waals surface area contributed by atoms with Gasteiger partial charge in [-0.1, -0.05) is 30.3 Å². The molecule has 2 aromatic carbocycles. The lowest BCUT2D eigenvalue weighted by molar-refractivity contribution is -0.118. The highest BCUT2D eigenvalue weighted by Gasteiger charge is 2.11. The minimum absolute atomic E-state index is 0.113. The lowest BCUT2D eigenvalue weighted by atomic mass is 10.2. The van der Waals surface area contributed by atoms with E-state index in [-0.39, 0.29) is 5.91 Å². The summed E-state index contributed by atoms with van der Waals surface area (Å²) in [5.74, 6) is 1.83. The van der Waals surface area contributed by atoms with Gasteiger partial charge in [0.25, 0.3) is 0 Å². The number of thioether (sulfide) groups is 1. The third-order valence-electron chi connectivity index (χ3n) is 4.88. The van der Waals surface area contributed by atoms with E-state index in [1.54, 1.807) is 25.1 Å². The number of carbonyl (C=O) groups excluding carboxylic acids is 1. The Hall–Kier alpha value is -2.99. The van der Waals surface area contributed by atoms with Gasteiger partial charge in [0.1, 0.15) is 5.75 Å². The van der Waals surface area contributed by atoms with E-state index < -0.39 is 0 Å². The van der Waals surface area contributed by atoms with Gasteiger partial charge in [-0.25, -0.2) is 5.43 Å². The van der Waals surface area contributed by atoms with Crippen LogP contribution in [0.1, 0.15) is 28.1 Å². The summed E-state index contributed by atoms with van der Waals surface area (Å²) in [6.45, 7) is 6.24. The van der Waals surface area contributed by atoms with Gasteiger partial charge in [-0.15, -0.1) is 11.8 Å². The average molecular weight is 422 g/mol. The lowest BCUT2D eigenvalue weighted by Gasteiger charge is -2.12. The fourth-order valence-corrected chi connectivity index (χ4v) is 4.07. The average Bonchev–Trinajstić information content (AvgIpc) is 3.02. The first-order chi connectivity index (χ1) is 14.5. The normalized spacial score (nSPS) is 11.1. The summed E-state index contributed by atoms with van der Waals surface area (Å²) in [4.78, 5) is 12.1. The number of hydrogen-bond donors (Lipinski definition) is 1. The summed E-state index contributed by atoms with van der Waals surface area (Å²) in [5, 5.41) is 4.15. The molecule has 30 heavy (non-hydrogen) atoms. The van der Waals surface area contributed by atoms with E-state index in [0.29, 0.717) is 5.75 Å². The van der Waals surface area contributed by atoms with Crippen molar-refractivity contribution < 1.29 is 9.53 Å². The van der Waals surface area contributed by atoms with Crippen LogP contribution in [0.25, 0.3) is 5.69 Å². The molecule has 3 aromatic rings. The molecule has 1 N–H and O–H groups in total. The molecule has 3 rings (SSSR count). The van der Waals surface area contributed by atoms with E-state index in [9.17, 15) is 4.79 Å². The second kappa shape index (κ2) is 10.2. The van der Waals surface area contributed by atoms with Crippen LogP contribution in [0, 0.1) is 20.8 Å². The smallest absolute Gasteiger partial charge is 0.250 e. The maximum atomic E-state index is 12.1. The largest absolute Gasteiger partial charge is 0.497 e. The fraction of sp³-hybridized carbons (Fsp3) is 0.250. The number of benzene rings is 2. The van der Waals surface area contributed by atoms with Gasteiger partial charge in [0.05, 0.1) is 19.1 Å². The van der Waals surface area contributed by atoms with E-state index in [1.165, 1.54) is 5.56 Å². The highest BCUT2D eigenvalue weighted by atomic mass is 32.2. The number of nitrogens with one attached hydrogen (secondary N) is 1. The predicted molar refractivity (Wildman–Crippen MR) is 125 cm³/mol. The first kappa shape index (κ1) is 21.7. The van der Waals surface area contributed by atoms with Crippen molar-refractivity contribution in [2.24, 2.45) is 5.10 Å². The monoisotopic (exact) mass is 421 g/mol. The number of amides is 1. The molecule has 0 aliphatic heterocycles. The Bertz CT molecular complexity index is 1040. The minimum Gasteiger partial charge on any atom is -0.497 e. The van der Waals surface area contributed by atoms with Crippen molar-refractivity contribution in [3.05, 3.63) is 82.7 Å². The molecule has 156 valence electrons. The van der Waals surface area contributed by atoms with E-state index in [4.69, 9.17) is 4.74 Å². The van der Waals surface area contributed by atoms with Gasteiger partial charge in [0.15, 0.2) is 0 Å². The molecule has 0 aliphatic rings. The van der Waals surface area contributed by atoms with Gasteiger partial charge in [0.2, 0.25) is 5.91 Å². The number of para-hydroxylation sites is 1. The van der Waals surface area contributed by atoms with Crippen molar-refractivity contribution >= 4 is 23.9 Å². The fourth-order valence-electron chi connectivity index (χ4n) is 3.29. The van der Waals surface area contributed by atoms with Crippen molar-refractivity contribution in [1.29, 1.82) is 0 Å². The van der Waals surface area contributed by atoms with Crippen LogP contribution in [0.2, 0.25) is 0 Å². The predicted octanol–water partition coefficient (Wildman–Crippen LogP) is 4.79. The van der Waals surface area contributed by atoms with Gasteiger partial charge in [-0.05, 0) is 56.2 Å². The van der Waals surface area contributed by atoms with Gasteiger partial charge in [-0.2, -0.15) is 5.10 Å². The number of aromatic nitrogens is 1. The maximum Gasteiger partial charge on any atom is 0.250 e. The zero-order chi connectivity index (χ0) is 21.5. The number of hydrogen-bond acceptors (Lipinski definition) is 4. The van der Waals surface area contributed by atoms with E-state index in [2.05, 4.69) is 54.1 Å². The van der Waals surface area contributed by atoms with Crippen LogP contribution in [0.5, 0.6) is 5.75 Å². The molecule has 0 saturated carbocycles. The van der Waals surface area contributed by atoms with Gasteiger partial charge in [-0.3, -0.25) is 4.79 Å². The van der Waals surface area contributed by atoms with Gasteiger partial charge in [0, 0.05) is 28.4 Å². The number of methoxy groups -OCH3 is 1. The quantitative estimate of drug-likeness (QED) is 0.420. The summed E-state index contributed by atoms with van der Waals surface area (Å²) >= 11 is 1.55. The molecule has 0 unspecified atom stereocenters. The molecular formula is C24H27N3O2S. The molecule has 0 spiro atoms. The number of hydrazone groups is 1. The van der Waals surface area contributed by atoms with Crippen LogP contribution in [0.4, 0.5) is 0 Å². The first-order valence-electron chi connectivity index (χ1n) is 9.77. The molecule has 0 aliphatic carbocycles. The Balaban J connectivity index is 1.54. The molecule has 0 saturated heterocycles. The van der Waals surface area contributed by atoms with E-state index in [1.807, 2.05) is 36.4 Å². The second-order valence-electron chi connectivity index (χ2n) is 7.08. The Morgan fingerprint density at radius 2 is 1.87 bits per heavy atom. The third kappa shape index (κ3) is 5.33. The van der Waals surface area contributed by atoms with Crippen molar-refractivity contribution in [2.45, 2.75) is 26.5 Å². The standard InChI is InChI=1S/C24H27N3O2S/c1-17-7-5-6-8-23(17)27-18(2)13-21(19(27)3)14-25-26-24(28)16-30-15-20-9-11-22(29-4)12-10-20/h5-14H,15-16H2,1-4H3,(H,26,28)/b25-14-. The van der Waals surface area contributed by atoms with E-state index in [0.717, 1.165) is 39.7 Å². The topological polar surface area (TPSA) is 55.6 Å². The molecule has 6 heteroatoms. The highest BCUT2D eigenvalue weighted by molar-refractivity contribution is 7.99. The Morgan fingerprint density at radius 3 is 2.57 bits per heavy atom. The second-order valence-corrected chi connectivity index (χ2v) is 8.07. The van der Waals surface area contributed by atoms with Gasteiger partial charge >= 0.3 is 0 Å². The van der Waals surface area contributed by atoms with Crippen molar-refractivity contribution in [1.82, 2.24) is 9.99 Å². The number of carbonyl (C=O) groups is 1. The highest BCUT2D eigenvalue weighted by Crippen LogP contribution is 2.22. The summed E-state index contributed by atoms with van der Waals surface area (Å²) < 4.78 is 7.36. The van der Waals surface area contributed by atoms with Crippen molar-refractivity contribution in [3.63, 3.8) is 0 Å². The first-order valence-corrected chi connectivity index (χ1v) is 10.9. The molecule has 0 atom stereocenters. The Kier molecular flexibility index (Phi) is 7.36. The summed E-state index contributed by atoms with van der Waals surface area (Å²) in [5.41, 5.74) is 9.36. The molecule has 1 aromatic heterocycles. The summed E-state index contributed by atoms with van der Waals surface area (Å²) in [7, 11) is 1.65. The van der Waals surface area contributed by atoms with Crippen LogP contribution >= 0.6 is 11.8 Å². The SMILES string of the molecule is COc1ccc(CSCC(=O)N/N=C\c2cc(C)n(-c3ccccc3C)c2C)cc1. The van der Waals surface area contributed by atoms with Crippen molar-refractivity contribution in [3.8, 4) is 11.4 Å². The zero-order valence-electron chi connectivity index (χ0n) is 17.8. The molecule has 5 nitrogen and oxygen atoms in total. The minimum atomic E-state index is -0.113. The number of nitrogens with zero attached hydrogens (tertiary/aromatic N) is 2. The van der Waals surface area contributed by atoms with Crippen LogP contribution in [-0.2, 0) is 10.5 Å². The lowest BCUT2D eigenvalue weighted by Crippen LogP contribution is -2.19. The molecule has 0 fully saturated rings. The maximum absolute atomic E-state index is 12.1. The molecule has 1 heterocycles. The van der Waals surface area contributed by atoms with Crippen LogP contribution in [-0.4, -0.2) is 29.6 Å². The van der Waals surface area contributed by atoms with Crippen LogP contribution in [0.15, 0.2) is 59.7 Å².